The molecule has 0 aromatic carbocycles. The van der Waals surface area contributed by atoms with Crippen LogP contribution in [0.1, 0.15) is 107 Å². The monoisotopic (exact) mass is 784 g/mol. The van der Waals surface area contributed by atoms with Gasteiger partial charge in [-0.1, -0.05) is 42.5 Å². The van der Waals surface area contributed by atoms with Crippen molar-refractivity contribution >= 4 is 28.0 Å². The van der Waals surface area contributed by atoms with E-state index in [-0.39, 0.29) is 67.4 Å². The average Bonchev–Trinajstić information content (AvgIpc) is 3.20. The van der Waals surface area contributed by atoms with E-state index in [1.165, 1.54) is 0 Å². The summed E-state index contributed by atoms with van der Waals surface area (Å²) in [5.41, 5.74) is 0. The van der Waals surface area contributed by atoms with Crippen LogP contribution in [0.5, 0.6) is 0 Å². The van der Waals surface area contributed by atoms with Gasteiger partial charge in [0.15, 0.2) is 0 Å². The lowest BCUT2D eigenvalue weighted by Crippen LogP contribution is -2.37. The van der Waals surface area contributed by atoms with Crippen molar-refractivity contribution in [1.29, 1.82) is 0 Å². The number of rotatable bonds is 18. The molecule has 0 spiro atoms. The molecule has 1 fully saturated rings. The quantitative estimate of drug-likeness (QED) is 0.0596. The van der Waals surface area contributed by atoms with Crippen molar-refractivity contribution in [2.75, 3.05) is 115 Å². The first kappa shape index (κ1) is 68.1. The first-order valence-electron chi connectivity index (χ1n) is 16.6. The Morgan fingerprint density at radius 1 is 0.731 bits per heavy atom. The molecule has 0 bridgehead atoms. The summed E-state index contributed by atoms with van der Waals surface area (Å²) in [7, 11) is 10.0. The molecule has 1 aliphatic heterocycles. The number of carbonyl (C=O) groups excluding carboxylic acids is 3. The molecule has 16 heteroatoms. The maximum Gasteiger partial charge on any atom is 0.305 e. The number of esters is 3. The van der Waals surface area contributed by atoms with Crippen molar-refractivity contribution in [2.24, 2.45) is 0 Å². The molecule has 0 radical (unpaired) electrons. The largest absolute Gasteiger partial charge is 0.748 e. The van der Waals surface area contributed by atoms with Crippen molar-refractivity contribution in [2.45, 2.75) is 107 Å². The van der Waals surface area contributed by atoms with E-state index in [9.17, 15) is 14.4 Å². The number of hydrogen-bond donors (Lipinski definition) is 3. The molecule has 0 aromatic rings. The topological polar surface area (TPSA) is 203 Å². The van der Waals surface area contributed by atoms with Gasteiger partial charge >= 0.3 is 17.9 Å². The molecule has 0 amide bonds. The van der Waals surface area contributed by atoms with E-state index >= 15 is 0 Å². The second kappa shape index (κ2) is 47.1. The number of ether oxygens (including phenoxy) is 3. The van der Waals surface area contributed by atoms with Crippen LogP contribution < -0.4 is 0 Å². The van der Waals surface area contributed by atoms with Gasteiger partial charge in [0.25, 0.3) is 0 Å². The third-order valence-electron chi connectivity index (χ3n) is 5.74. The van der Waals surface area contributed by atoms with Gasteiger partial charge in [0, 0.05) is 51.8 Å². The highest BCUT2D eigenvalue weighted by Crippen LogP contribution is 2.06. The van der Waals surface area contributed by atoms with E-state index in [2.05, 4.69) is 21.1 Å². The molecule has 1 heterocycles. The zero-order valence-electron chi connectivity index (χ0n) is 31.1. The van der Waals surface area contributed by atoms with Gasteiger partial charge in [0.1, 0.15) is 19.8 Å². The molecule has 1 rings (SSSR count). The number of aliphatic hydroxyl groups excluding tert-OH is 3. The molecular formula is C36H85N3O12S. The first-order chi connectivity index (χ1) is 22.3. The summed E-state index contributed by atoms with van der Waals surface area (Å²) in [5.74, 6) is -0.284. The third-order valence-corrected chi connectivity index (χ3v) is 5.74. The second-order valence-corrected chi connectivity index (χ2v) is 14.0. The van der Waals surface area contributed by atoms with Crippen molar-refractivity contribution in [3.05, 3.63) is 0 Å². The minimum Gasteiger partial charge on any atom is -0.748 e. The molecule has 0 atom stereocenters. The molecule has 15 nitrogen and oxygen atoms in total. The molecular weight excluding hydrogens is 698 g/mol. The van der Waals surface area contributed by atoms with Crippen LogP contribution in [0.3, 0.4) is 0 Å². The van der Waals surface area contributed by atoms with Crippen molar-refractivity contribution < 1.29 is 61.4 Å². The molecule has 1 saturated heterocycles. The summed E-state index contributed by atoms with van der Waals surface area (Å²) in [6, 6.07) is 0. The molecule has 3 N–H and O–H groups in total. The third kappa shape index (κ3) is 86.6. The molecule has 0 saturated carbocycles. The Bertz CT molecular complexity index is 836. The minimum absolute atomic E-state index is 0. The zero-order valence-corrected chi connectivity index (χ0v) is 31.9. The fourth-order valence-corrected chi connectivity index (χ4v) is 3.04. The molecule has 0 aromatic heterocycles. The molecule has 0 aliphatic carbocycles. The van der Waals surface area contributed by atoms with Crippen molar-refractivity contribution in [3.8, 4) is 0 Å². The van der Waals surface area contributed by atoms with Crippen LogP contribution in [0, 0.1) is 0 Å². The van der Waals surface area contributed by atoms with Crippen molar-refractivity contribution in [1.82, 2.24) is 9.80 Å². The standard InChI is InChI=1S/C11H24NO3.C10H21NO3.C6H10O2.C4H11NO.CH4O3S.4CH4/c1-12(2,3)8-10-15-11(14)7-5-4-6-9-13;1-11(2)7-9-14-10(13)6-4-3-5-8-12;7-6-4-2-1-3-5-8-6;1-5(2)3-4-6;1-5(2,3)4;;;;/h13H,4-10H2,1-3H3;12H,3-9H2,1-2H3;1-5H2;6H,3-4H2,1-2H3;1H3,(H,2,3,4);4*1H4/q+1;;;;;;;;/p-1. The lowest BCUT2D eigenvalue weighted by Gasteiger charge is -2.23. The molecule has 322 valence electrons. The summed E-state index contributed by atoms with van der Waals surface area (Å²) in [4.78, 5) is 36.6. The number of carbonyl (C=O) groups is 3. The van der Waals surface area contributed by atoms with E-state index in [4.69, 9.17) is 42.5 Å². The Morgan fingerprint density at radius 2 is 1.15 bits per heavy atom. The molecule has 1 aliphatic rings. The highest BCUT2D eigenvalue weighted by Gasteiger charge is 2.09. The van der Waals surface area contributed by atoms with Gasteiger partial charge < -0.3 is 48.4 Å². The Labute approximate surface area is 320 Å². The van der Waals surface area contributed by atoms with Gasteiger partial charge in [-0.15, -0.1) is 0 Å². The van der Waals surface area contributed by atoms with Crippen LogP contribution in [-0.4, -0.2) is 175 Å². The summed E-state index contributed by atoms with van der Waals surface area (Å²) >= 11 is 0. The lowest BCUT2D eigenvalue weighted by molar-refractivity contribution is -0.870. The maximum absolute atomic E-state index is 11.2. The molecule has 0 unspecified atom stereocenters. The van der Waals surface area contributed by atoms with Crippen LogP contribution >= 0.6 is 0 Å². The number of nitrogens with zero attached hydrogens (tertiary/aromatic N) is 3. The highest BCUT2D eigenvalue weighted by atomic mass is 32.2. The van der Waals surface area contributed by atoms with Gasteiger partial charge in [-0.2, -0.15) is 0 Å². The summed E-state index contributed by atoms with van der Waals surface area (Å²) in [6.45, 7) is 4.62. The van der Waals surface area contributed by atoms with Crippen LogP contribution in [0.4, 0.5) is 0 Å². The van der Waals surface area contributed by atoms with E-state index in [0.29, 0.717) is 45.3 Å². The fraction of sp³-hybridized carbons (Fsp3) is 0.917. The number of cyclic esters (lactones) is 1. The first-order valence-corrected chi connectivity index (χ1v) is 18.4. The van der Waals surface area contributed by atoms with Crippen molar-refractivity contribution in [3.63, 3.8) is 0 Å². The fourth-order valence-electron chi connectivity index (χ4n) is 3.04. The van der Waals surface area contributed by atoms with E-state index in [1.807, 2.05) is 38.0 Å². The number of unbranched alkanes of at least 4 members (excludes halogenated alkanes) is 4. The normalized spacial score (nSPS) is 11.8. The van der Waals surface area contributed by atoms with Gasteiger partial charge in [0.05, 0.1) is 44.5 Å². The van der Waals surface area contributed by atoms with E-state index < -0.39 is 10.1 Å². The minimum atomic E-state index is -3.92. The van der Waals surface area contributed by atoms with Gasteiger partial charge in [-0.05, 0) is 73.1 Å². The zero-order chi connectivity index (χ0) is 37.9. The van der Waals surface area contributed by atoms with Gasteiger partial charge in [0.2, 0.25) is 0 Å². The van der Waals surface area contributed by atoms with Gasteiger partial charge in [-0.3, -0.25) is 14.4 Å². The Hall–Kier alpha value is -1.92. The summed E-state index contributed by atoms with van der Waals surface area (Å²) in [6.07, 6.45) is 10.3. The van der Waals surface area contributed by atoms with Gasteiger partial charge in [-0.25, -0.2) is 8.42 Å². The highest BCUT2D eigenvalue weighted by molar-refractivity contribution is 7.84. The van der Waals surface area contributed by atoms with Crippen LogP contribution in [0.25, 0.3) is 0 Å². The number of hydrogen-bond acceptors (Lipinski definition) is 14. The predicted molar refractivity (Wildman–Crippen MR) is 212 cm³/mol. The Kier molecular flexibility index (Phi) is 61.7. The molecule has 52 heavy (non-hydrogen) atoms. The maximum atomic E-state index is 11.2. The second-order valence-electron chi connectivity index (χ2n) is 12.6. The summed E-state index contributed by atoms with van der Waals surface area (Å²) in [5, 5.41) is 25.3. The Balaban J connectivity index is -0.0000000804. The smallest absolute Gasteiger partial charge is 0.305 e. The predicted octanol–water partition coefficient (Wildman–Crippen LogP) is 3.78. The van der Waals surface area contributed by atoms with E-state index in [0.717, 1.165) is 81.9 Å². The average molecular weight is 784 g/mol. The SMILES string of the molecule is C.C.C.C.CN(C)CCO.CN(C)CCOC(=O)CCCCCO.CS(=O)(=O)[O-].C[N+](C)(C)CCOC(=O)CCCCCO.O=C1CCCCCO1. The lowest BCUT2D eigenvalue weighted by atomic mass is 10.2. The summed E-state index contributed by atoms with van der Waals surface area (Å²) < 4.78 is 42.9. The number of quaternary nitrogens is 1. The van der Waals surface area contributed by atoms with Crippen LogP contribution in [0.2, 0.25) is 0 Å². The van der Waals surface area contributed by atoms with Crippen LogP contribution in [0.15, 0.2) is 0 Å². The Morgan fingerprint density at radius 3 is 1.50 bits per heavy atom. The number of likely N-dealkylation sites (N-methyl/N-ethyl adjacent to an activating group) is 3. The van der Waals surface area contributed by atoms with E-state index in [1.54, 1.807) is 0 Å². The number of aliphatic hydroxyl groups is 3. The van der Waals surface area contributed by atoms with Crippen LogP contribution in [-0.2, 0) is 38.7 Å².